The molecule has 0 spiro atoms. The number of anilines is 2. The van der Waals surface area contributed by atoms with Gasteiger partial charge in [0.1, 0.15) is 22.8 Å². The summed E-state index contributed by atoms with van der Waals surface area (Å²) in [5.74, 6) is 0.800. The largest absolute Gasteiger partial charge is 0.378 e. The summed E-state index contributed by atoms with van der Waals surface area (Å²) in [5, 5.41) is 6.82. The molecule has 0 bridgehead atoms. The highest BCUT2D eigenvalue weighted by Gasteiger charge is 2.21. The number of para-hydroxylation sites is 1. The third-order valence-corrected chi connectivity index (χ3v) is 5.33. The van der Waals surface area contributed by atoms with Crippen LogP contribution >= 0.6 is 22.9 Å². The molecule has 0 aliphatic heterocycles. The molecule has 0 fully saturated rings. The van der Waals surface area contributed by atoms with E-state index in [4.69, 9.17) is 26.1 Å². The van der Waals surface area contributed by atoms with Gasteiger partial charge in [-0.15, -0.1) is 11.3 Å². The van der Waals surface area contributed by atoms with E-state index in [0.717, 1.165) is 44.9 Å². The van der Waals surface area contributed by atoms with Crippen LogP contribution in [-0.4, -0.2) is 14.5 Å². The minimum atomic E-state index is 0.685. The lowest BCUT2D eigenvalue weighted by Gasteiger charge is -2.03. The average molecular weight is 407 g/mol. The van der Waals surface area contributed by atoms with Crippen LogP contribution in [0.4, 0.5) is 10.8 Å². The second-order valence-corrected chi connectivity index (χ2v) is 7.64. The highest BCUT2D eigenvalue weighted by Crippen LogP contribution is 2.36. The van der Waals surface area contributed by atoms with Crippen LogP contribution in [0.2, 0.25) is 5.02 Å². The number of hydrogen-bond donors (Lipinski definition) is 1. The first-order valence-corrected chi connectivity index (χ1v) is 9.96. The Morgan fingerprint density at radius 3 is 2.61 bits per heavy atom. The van der Waals surface area contributed by atoms with Crippen molar-refractivity contribution < 1.29 is 4.52 Å². The number of hydrogen-bond acceptors (Lipinski definition) is 5. The first kappa shape index (κ1) is 17.0. The fourth-order valence-electron chi connectivity index (χ4n) is 3.08. The maximum absolute atomic E-state index is 6.07. The van der Waals surface area contributed by atoms with E-state index in [2.05, 4.69) is 5.32 Å². The Labute approximate surface area is 170 Å². The van der Waals surface area contributed by atoms with E-state index in [9.17, 15) is 0 Å². The third-order valence-electron chi connectivity index (χ3n) is 4.32. The van der Waals surface area contributed by atoms with Crippen LogP contribution in [0.1, 0.15) is 5.76 Å². The fraction of sp³-hybridized carbons (Fsp3) is 0.0476. The SMILES string of the molecule is Cc1cc2nc(-c3csc(Nc4ccccc4)n3)c(-c3ccc(Cl)cc3)n2o1. The molecule has 0 radical (unpaired) electrons. The second kappa shape index (κ2) is 6.82. The molecule has 0 amide bonds. The molecular formula is C21H15ClN4OS. The van der Waals surface area contributed by atoms with E-state index >= 15 is 0 Å². The van der Waals surface area contributed by atoms with Gasteiger partial charge in [0.2, 0.25) is 0 Å². The summed E-state index contributed by atoms with van der Waals surface area (Å²) < 4.78 is 7.62. The molecule has 1 N–H and O–H groups in total. The van der Waals surface area contributed by atoms with Crippen molar-refractivity contribution in [3.05, 3.63) is 76.8 Å². The van der Waals surface area contributed by atoms with Gasteiger partial charge >= 0.3 is 0 Å². The molecule has 0 atom stereocenters. The summed E-state index contributed by atoms with van der Waals surface area (Å²) in [5.41, 5.74) is 5.14. The van der Waals surface area contributed by atoms with Crippen LogP contribution in [0.5, 0.6) is 0 Å². The predicted molar refractivity (Wildman–Crippen MR) is 113 cm³/mol. The number of rotatable bonds is 4. The number of benzene rings is 2. The van der Waals surface area contributed by atoms with E-state index in [0.29, 0.717) is 5.02 Å². The van der Waals surface area contributed by atoms with Gasteiger partial charge in [-0.1, -0.05) is 41.9 Å². The van der Waals surface area contributed by atoms with Crippen molar-refractivity contribution in [1.29, 1.82) is 0 Å². The van der Waals surface area contributed by atoms with Crippen molar-refractivity contribution in [3.63, 3.8) is 0 Å². The number of nitrogens with one attached hydrogen (secondary N) is 1. The molecule has 0 saturated carbocycles. The highest BCUT2D eigenvalue weighted by atomic mass is 35.5. The second-order valence-electron chi connectivity index (χ2n) is 6.34. The number of imidazole rings is 1. The van der Waals surface area contributed by atoms with Crippen molar-refractivity contribution in [3.8, 4) is 22.6 Å². The van der Waals surface area contributed by atoms with Crippen LogP contribution in [-0.2, 0) is 0 Å². The molecule has 0 saturated heterocycles. The van der Waals surface area contributed by atoms with Gasteiger partial charge in [0, 0.05) is 27.7 Å². The Balaban J connectivity index is 1.60. The summed E-state index contributed by atoms with van der Waals surface area (Å²) in [6.07, 6.45) is 0. The topological polar surface area (TPSA) is 55.4 Å². The number of fused-ring (bicyclic) bond motifs is 1. The van der Waals surface area contributed by atoms with Gasteiger partial charge in [-0.3, -0.25) is 0 Å². The number of nitrogens with zero attached hydrogens (tertiary/aromatic N) is 3. The minimum Gasteiger partial charge on any atom is -0.378 e. The van der Waals surface area contributed by atoms with Crippen molar-refractivity contribution in [1.82, 2.24) is 14.5 Å². The summed E-state index contributed by atoms with van der Waals surface area (Å²) >= 11 is 7.61. The lowest BCUT2D eigenvalue weighted by atomic mass is 10.1. The van der Waals surface area contributed by atoms with Gasteiger partial charge in [0.15, 0.2) is 10.8 Å². The molecular weight excluding hydrogens is 392 g/mol. The molecule has 0 aliphatic rings. The van der Waals surface area contributed by atoms with E-state index in [1.807, 2.05) is 73.0 Å². The predicted octanol–water partition coefficient (Wildman–Crippen LogP) is 6.42. The molecule has 138 valence electrons. The van der Waals surface area contributed by atoms with Crippen LogP contribution in [0, 0.1) is 6.92 Å². The zero-order valence-corrected chi connectivity index (χ0v) is 16.5. The summed E-state index contributed by atoms with van der Waals surface area (Å²) in [7, 11) is 0. The van der Waals surface area contributed by atoms with E-state index in [-0.39, 0.29) is 0 Å². The standard InChI is InChI=1S/C21H15ClN4OS/c1-13-11-18-25-19(20(26(18)27-13)14-7-9-15(22)10-8-14)17-12-28-21(24-17)23-16-5-3-2-4-6-16/h2-12H,1H3,(H,23,24). The first-order chi connectivity index (χ1) is 13.7. The van der Waals surface area contributed by atoms with Crippen molar-refractivity contribution >= 4 is 39.4 Å². The van der Waals surface area contributed by atoms with Gasteiger partial charge < -0.3 is 9.84 Å². The average Bonchev–Trinajstić information content (AvgIpc) is 3.37. The van der Waals surface area contributed by atoms with Crippen molar-refractivity contribution in [2.45, 2.75) is 6.92 Å². The van der Waals surface area contributed by atoms with Gasteiger partial charge in [0.05, 0.1) is 0 Å². The molecule has 5 rings (SSSR count). The Morgan fingerprint density at radius 2 is 1.82 bits per heavy atom. The number of halogens is 1. The fourth-order valence-corrected chi connectivity index (χ4v) is 3.93. The number of thiazole rings is 1. The third kappa shape index (κ3) is 3.06. The van der Waals surface area contributed by atoms with Gasteiger partial charge in [-0.25, -0.2) is 9.97 Å². The lowest BCUT2D eigenvalue weighted by Crippen LogP contribution is -1.90. The van der Waals surface area contributed by atoms with Gasteiger partial charge in [-0.05, 0) is 31.2 Å². The molecule has 7 heteroatoms. The Morgan fingerprint density at radius 1 is 1.04 bits per heavy atom. The van der Waals surface area contributed by atoms with Crippen LogP contribution in [0.3, 0.4) is 0 Å². The summed E-state index contributed by atoms with van der Waals surface area (Å²) in [4.78, 5) is 9.52. The van der Waals surface area contributed by atoms with Gasteiger partial charge in [0.25, 0.3) is 0 Å². The number of aromatic nitrogens is 3. The van der Waals surface area contributed by atoms with Crippen molar-refractivity contribution in [2.75, 3.05) is 5.32 Å². The van der Waals surface area contributed by atoms with E-state index in [1.165, 1.54) is 11.3 Å². The Kier molecular flexibility index (Phi) is 4.15. The molecule has 2 aromatic carbocycles. The maximum Gasteiger partial charge on any atom is 0.187 e. The van der Waals surface area contributed by atoms with Gasteiger partial charge in [-0.2, -0.15) is 4.57 Å². The zero-order valence-electron chi connectivity index (χ0n) is 14.9. The van der Waals surface area contributed by atoms with Crippen LogP contribution < -0.4 is 5.32 Å². The Bertz CT molecular complexity index is 1260. The van der Waals surface area contributed by atoms with E-state index < -0.39 is 0 Å². The normalized spacial score (nSPS) is 11.2. The molecule has 5 aromatic rings. The molecule has 3 aromatic heterocycles. The number of aryl methyl sites for hydroxylation is 1. The molecule has 28 heavy (non-hydrogen) atoms. The zero-order chi connectivity index (χ0) is 19.1. The summed E-state index contributed by atoms with van der Waals surface area (Å²) in [6.45, 7) is 1.91. The van der Waals surface area contributed by atoms with Crippen LogP contribution in [0.15, 0.2) is 70.6 Å². The summed E-state index contributed by atoms with van der Waals surface area (Å²) in [6, 6.07) is 19.5. The first-order valence-electron chi connectivity index (χ1n) is 8.71. The van der Waals surface area contributed by atoms with Crippen LogP contribution in [0.25, 0.3) is 28.3 Å². The monoisotopic (exact) mass is 406 g/mol. The molecule has 0 aliphatic carbocycles. The van der Waals surface area contributed by atoms with Crippen molar-refractivity contribution in [2.24, 2.45) is 0 Å². The lowest BCUT2D eigenvalue weighted by molar-refractivity contribution is 0.361. The highest BCUT2D eigenvalue weighted by molar-refractivity contribution is 7.14. The maximum atomic E-state index is 6.07. The minimum absolute atomic E-state index is 0.685. The molecule has 5 nitrogen and oxygen atoms in total. The van der Waals surface area contributed by atoms with E-state index in [1.54, 1.807) is 4.57 Å². The molecule has 0 unspecified atom stereocenters. The Hall–Kier alpha value is -3.09. The smallest absolute Gasteiger partial charge is 0.187 e. The quantitative estimate of drug-likeness (QED) is 0.374. The molecule has 3 heterocycles.